The molecule has 0 radical (unpaired) electrons. The van der Waals surface area contributed by atoms with E-state index in [1.165, 1.54) is 21.6 Å². The standard InChI is InChI=1S/C32H31BrF3N11O4/c33-20-3-6-22-24(15-20)41-30(40-22)47-29(49)21(28(44-47)23-5-2-19(17-37-23)32(34,35)36)4-1-18-7-12-45(13-8-18)31(50)51-26(25-16-27(48)43-42-25)9-14-46-38-10-11-39-46/h2-3,5-6,10-11,15-18,26,49H,1,4,7-9,12-14H2,(H,40,41)(H2,42,43,48). The molecule has 4 N–H and O–H groups in total. The van der Waals surface area contributed by atoms with E-state index in [0.717, 1.165) is 16.7 Å². The van der Waals surface area contributed by atoms with E-state index in [1.54, 1.807) is 23.4 Å². The second-order valence-electron chi connectivity index (χ2n) is 12.1. The van der Waals surface area contributed by atoms with E-state index in [9.17, 15) is 28.2 Å². The van der Waals surface area contributed by atoms with Gasteiger partial charge in [0, 0.05) is 41.8 Å². The van der Waals surface area contributed by atoms with Gasteiger partial charge in [-0.1, -0.05) is 15.9 Å². The highest BCUT2D eigenvalue weighted by atomic mass is 79.9. The first kappa shape index (κ1) is 34.0. The number of halogens is 4. The Labute approximate surface area is 295 Å². The van der Waals surface area contributed by atoms with Gasteiger partial charge < -0.3 is 24.8 Å². The third-order valence-corrected chi connectivity index (χ3v) is 9.31. The minimum absolute atomic E-state index is 0.149. The molecule has 1 saturated heterocycles. The highest BCUT2D eigenvalue weighted by Gasteiger charge is 2.32. The number of nitrogens with one attached hydrogen (secondary N) is 2. The van der Waals surface area contributed by atoms with Crippen LogP contribution in [0.15, 0.2) is 59.5 Å². The minimum Gasteiger partial charge on any atom is -0.494 e. The molecule has 15 nitrogen and oxygen atoms in total. The van der Waals surface area contributed by atoms with Gasteiger partial charge in [-0.2, -0.15) is 43.0 Å². The van der Waals surface area contributed by atoms with Gasteiger partial charge in [0.05, 0.1) is 41.2 Å². The molecule has 0 bridgehead atoms. The van der Waals surface area contributed by atoms with Gasteiger partial charge in [-0.05, 0) is 61.9 Å². The Bertz CT molecular complexity index is 2120. The normalized spacial score (nSPS) is 14.7. The maximum atomic E-state index is 13.3. The molecule has 0 aliphatic carbocycles. The SMILES string of the molecule is O=C(OC(CCn1nccn1)c1cc(O)[nH]n1)N1CCC(CCc2c(-c3ccc(C(F)(F)F)cn3)nn(-c3nc4cc(Br)ccc4[nH]3)c2O)CC1. The first-order valence-corrected chi connectivity index (χ1v) is 16.8. The smallest absolute Gasteiger partial charge is 0.417 e. The zero-order valence-corrected chi connectivity index (χ0v) is 28.3. The molecule has 7 rings (SSSR count). The van der Waals surface area contributed by atoms with Crippen LogP contribution < -0.4 is 0 Å². The van der Waals surface area contributed by atoms with Gasteiger partial charge in [0.2, 0.25) is 17.7 Å². The van der Waals surface area contributed by atoms with E-state index in [0.29, 0.717) is 74.0 Å². The molecule has 1 aliphatic rings. The van der Waals surface area contributed by atoms with Crippen molar-refractivity contribution in [3.05, 3.63) is 76.3 Å². The number of aromatic amines is 2. The predicted molar refractivity (Wildman–Crippen MR) is 178 cm³/mol. The minimum atomic E-state index is -4.56. The number of rotatable bonds is 10. The summed E-state index contributed by atoms with van der Waals surface area (Å²) in [6.45, 7) is 1.22. The van der Waals surface area contributed by atoms with Crippen LogP contribution in [0.3, 0.4) is 0 Å². The number of pyridine rings is 1. The summed E-state index contributed by atoms with van der Waals surface area (Å²) < 4.78 is 47.7. The fourth-order valence-corrected chi connectivity index (χ4v) is 6.44. The van der Waals surface area contributed by atoms with Crippen LogP contribution in [-0.2, 0) is 23.9 Å². The number of ether oxygens (including phenoxy) is 1. The van der Waals surface area contributed by atoms with Crippen molar-refractivity contribution in [2.24, 2.45) is 5.92 Å². The number of fused-ring (bicyclic) bond motifs is 1. The Morgan fingerprint density at radius 2 is 1.88 bits per heavy atom. The molecular weight excluding hydrogens is 739 g/mol. The maximum absolute atomic E-state index is 13.3. The van der Waals surface area contributed by atoms with E-state index < -0.39 is 23.9 Å². The number of aryl methyl sites for hydroxylation is 1. The predicted octanol–water partition coefficient (Wildman–Crippen LogP) is 5.93. The van der Waals surface area contributed by atoms with Crippen LogP contribution in [0.25, 0.3) is 28.4 Å². The molecule has 1 amide bonds. The number of piperidine rings is 1. The van der Waals surface area contributed by atoms with Crippen molar-refractivity contribution in [2.75, 3.05) is 13.1 Å². The number of hydrogen-bond acceptors (Lipinski definition) is 10. The number of carbonyl (C=O) groups is 1. The number of amides is 1. The van der Waals surface area contributed by atoms with Gasteiger partial charge in [-0.15, -0.1) is 0 Å². The van der Waals surface area contributed by atoms with Crippen molar-refractivity contribution in [2.45, 2.75) is 50.9 Å². The van der Waals surface area contributed by atoms with Crippen LogP contribution in [-0.4, -0.2) is 84.2 Å². The Morgan fingerprint density at radius 1 is 1.10 bits per heavy atom. The van der Waals surface area contributed by atoms with Crippen molar-refractivity contribution in [3.63, 3.8) is 0 Å². The summed E-state index contributed by atoms with van der Waals surface area (Å²) in [4.78, 5) is 28.0. The third kappa shape index (κ3) is 7.52. The topological polar surface area (TPSA) is 189 Å². The van der Waals surface area contributed by atoms with Gasteiger partial charge in [0.1, 0.15) is 17.5 Å². The number of alkyl halides is 3. The van der Waals surface area contributed by atoms with Crippen LogP contribution in [0.2, 0.25) is 0 Å². The Kier molecular flexibility index (Phi) is 9.37. The third-order valence-electron chi connectivity index (χ3n) is 8.81. The lowest BCUT2D eigenvalue weighted by atomic mass is 9.90. The Morgan fingerprint density at radius 3 is 2.57 bits per heavy atom. The first-order chi connectivity index (χ1) is 24.5. The fourth-order valence-electron chi connectivity index (χ4n) is 6.09. The Balaban J connectivity index is 1.04. The lowest BCUT2D eigenvalue weighted by molar-refractivity contribution is -0.137. The number of benzene rings is 1. The van der Waals surface area contributed by atoms with E-state index in [-0.39, 0.29) is 35.0 Å². The number of imidazole rings is 1. The summed E-state index contributed by atoms with van der Waals surface area (Å²) in [6, 6.07) is 9.03. The lowest BCUT2D eigenvalue weighted by Gasteiger charge is -2.32. The quantitative estimate of drug-likeness (QED) is 0.130. The molecular formula is C32H31BrF3N11O4. The molecule has 1 unspecified atom stereocenters. The molecule has 51 heavy (non-hydrogen) atoms. The second-order valence-corrected chi connectivity index (χ2v) is 13.1. The summed E-state index contributed by atoms with van der Waals surface area (Å²) in [5.74, 6) is 0.0464. The van der Waals surface area contributed by atoms with Crippen LogP contribution >= 0.6 is 15.9 Å². The maximum Gasteiger partial charge on any atom is 0.417 e. The summed E-state index contributed by atoms with van der Waals surface area (Å²) in [5.41, 5.74) is 1.64. The van der Waals surface area contributed by atoms with Gasteiger partial charge in [-0.3, -0.25) is 4.98 Å². The number of nitrogens with zero attached hydrogens (tertiary/aromatic N) is 9. The van der Waals surface area contributed by atoms with E-state index in [4.69, 9.17) is 4.74 Å². The van der Waals surface area contributed by atoms with Crippen LogP contribution in [0.1, 0.15) is 48.6 Å². The molecule has 0 spiro atoms. The molecule has 0 saturated carbocycles. The monoisotopic (exact) mass is 769 g/mol. The van der Waals surface area contributed by atoms with Gasteiger partial charge in [0.15, 0.2) is 0 Å². The van der Waals surface area contributed by atoms with Crippen LogP contribution in [0.4, 0.5) is 18.0 Å². The molecule has 6 aromatic rings. The van der Waals surface area contributed by atoms with Gasteiger partial charge >= 0.3 is 12.3 Å². The highest BCUT2D eigenvalue weighted by Crippen LogP contribution is 2.36. The van der Waals surface area contributed by atoms with Crippen LogP contribution in [0.5, 0.6) is 11.8 Å². The van der Waals surface area contributed by atoms with Gasteiger partial charge in [-0.25, -0.2) is 14.9 Å². The van der Waals surface area contributed by atoms with E-state index >= 15 is 0 Å². The van der Waals surface area contributed by atoms with Gasteiger partial charge in [0.25, 0.3) is 0 Å². The summed E-state index contributed by atoms with van der Waals surface area (Å²) in [7, 11) is 0. The summed E-state index contributed by atoms with van der Waals surface area (Å²) in [5, 5.41) is 40.4. The molecule has 1 atom stereocenters. The largest absolute Gasteiger partial charge is 0.494 e. The van der Waals surface area contributed by atoms with Crippen molar-refractivity contribution in [1.82, 2.24) is 54.8 Å². The highest BCUT2D eigenvalue weighted by molar-refractivity contribution is 9.10. The fraction of sp³-hybridized carbons (Fsp3) is 0.344. The second kappa shape index (κ2) is 14.0. The number of H-pyrrole nitrogens is 2. The number of carbonyl (C=O) groups excluding carboxylic acids is 1. The van der Waals surface area contributed by atoms with Crippen LogP contribution in [0, 0.1) is 5.92 Å². The number of likely N-dealkylation sites (tertiary alicyclic amines) is 1. The molecule has 266 valence electrons. The van der Waals surface area contributed by atoms with Crippen molar-refractivity contribution < 1.29 is 32.9 Å². The molecule has 5 aromatic heterocycles. The van der Waals surface area contributed by atoms with E-state index in [1.807, 2.05) is 12.1 Å². The molecule has 1 fully saturated rings. The average Bonchev–Trinajstić information content (AvgIpc) is 3.93. The van der Waals surface area contributed by atoms with Crippen molar-refractivity contribution in [1.29, 1.82) is 0 Å². The number of aromatic nitrogens is 10. The van der Waals surface area contributed by atoms with Crippen molar-refractivity contribution in [3.8, 4) is 29.1 Å². The zero-order chi connectivity index (χ0) is 35.7. The summed E-state index contributed by atoms with van der Waals surface area (Å²) >= 11 is 3.42. The average molecular weight is 771 g/mol. The number of hydrogen-bond donors (Lipinski definition) is 4. The van der Waals surface area contributed by atoms with Crippen molar-refractivity contribution >= 4 is 33.1 Å². The summed E-state index contributed by atoms with van der Waals surface area (Å²) in [6.07, 6.45) is 0.618. The Hall–Kier alpha value is -5.46. The molecule has 19 heteroatoms. The first-order valence-electron chi connectivity index (χ1n) is 16.1. The zero-order valence-electron chi connectivity index (χ0n) is 26.8. The molecule has 1 aromatic carbocycles. The molecule has 6 heterocycles. The lowest BCUT2D eigenvalue weighted by Crippen LogP contribution is -2.39. The van der Waals surface area contributed by atoms with E-state index in [2.05, 4.69) is 56.4 Å². The number of aromatic hydroxyl groups is 2. The molecule has 1 aliphatic heterocycles.